The fourth-order valence-electron chi connectivity index (χ4n) is 2.29. The van der Waals surface area contributed by atoms with Gasteiger partial charge in [-0.1, -0.05) is 31.9 Å². The molecule has 1 aliphatic carbocycles. The molecule has 0 fully saturated rings. The topological polar surface area (TPSA) is 74.6 Å². The SMILES string of the molecule is CCCCC1C=CCC(C(=O)O)C1C(=O)O. The van der Waals surface area contributed by atoms with E-state index in [2.05, 4.69) is 0 Å². The van der Waals surface area contributed by atoms with Crippen LogP contribution in [0, 0.1) is 17.8 Å². The van der Waals surface area contributed by atoms with E-state index in [9.17, 15) is 9.59 Å². The number of carboxylic acid groups (broad SMARTS) is 2. The Kier molecular flexibility index (Phi) is 4.52. The zero-order chi connectivity index (χ0) is 12.1. The van der Waals surface area contributed by atoms with Crippen LogP contribution in [0.4, 0.5) is 0 Å². The van der Waals surface area contributed by atoms with Crippen molar-refractivity contribution in [1.29, 1.82) is 0 Å². The molecule has 0 aliphatic heterocycles. The van der Waals surface area contributed by atoms with E-state index in [1.54, 1.807) is 6.08 Å². The first-order valence-corrected chi connectivity index (χ1v) is 5.70. The molecular weight excluding hydrogens is 208 g/mol. The van der Waals surface area contributed by atoms with E-state index >= 15 is 0 Å². The molecule has 3 atom stereocenters. The van der Waals surface area contributed by atoms with Crippen molar-refractivity contribution in [3.05, 3.63) is 12.2 Å². The smallest absolute Gasteiger partial charge is 0.307 e. The molecule has 16 heavy (non-hydrogen) atoms. The molecular formula is C12H18O4. The lowest BCUT2D eigenvalue weighted by Gasteiger charge is -2.29. The normalized spacial score (nSPS) is 28.9. The lowest BCUT2D eigenvalue weighted by molar-refractivity contribution is -0.155. The summed E-state index contributed by atoms with van der Waals surface area (Å²) < 4.78 is 0. The highest BCUT2D eigenvalue weighted by Crippen LogP contribution is 2.34. The molecule has 0 aromatic heterocycles. The van der Waals surface area contributed by atoms with Crippen molar-refractivity contribution in [1.82, 2.24) is 0 Å². The lowest BCUT2D eigenvalue weighted by Crippen LogP contribution is -2.36. The number of allylic oxidation sites excluding steroid dienone is 2. The standard InChI is InChI=1S/C12H18O4/c1-2-3-5-8-6-4-7-9(11(13)14)10(8)12(15)16/h4,6,8-10H,2-3,5,7H2,1H3,(H,13,14)(H,15,16). The number of carbonyl (C=O) groups is 2. The first-order valence-electron chi connectivity index (χ1n) is 5.70. The molecule has 4 heteroatoms. The van der Waals surface area contributed by atoms with E-state index in [1.807, 2.05) is 13.0 Å². The summed E-state index contributed by atoms with van der Waals surface area (Å²) in [5.41, 5.74) is 0. The van der Waals surface area contributed by atoms with Crippen LogP contribution in [0.25, 0.3) is 0 Å². The second-order valence-corrected chi connectivity index (χ2v) is 4.28. The summed E-state index contributed by atoms with van der Waals surface area (Å²) in [5, 5.41) is 18.1. The largest absolute Gasteiger partial charge is 0.481 e. The second kappa shape index (κ2) is 5.68. The van der Waals surface area contributed by atoms with Gasteiger partial charge in [-0.2, -0.15) is 0 Å². The maximum Gasteiger partial charge on any atom is 0.307 e. The van der Waals surface area contributed by atoms with Gasteiger partial charge in [0, 0.05) is 0 Å². The van der Waals surface area contributed by atoms with Crippen molar-refractivity contribution >= 4 is 11.9 Å². The molecule has 0 saturated heterocycles. The highest BCUT2D eigenvalue weighted by Gasteiger charge is 2.39. The Hall–Kier alpha value is -1.32. The van der Waals surface area contributed by atoms with Crippen molar-refractivity contribution in [2.75, 3.05) is 0 Å². The zero-order valence-electron chi connectivity index (χ0n) is 9.43. The monoisotopic (exact) mass is 226 g/mol. The van der Waals surface area contributed by atoms with Crippen LogP contribution < -0.4 is 0 Å². The Morgan fingerprint density at radius 2 is 2.00 bits per heavy atom. The van der Waals surface area contributed by atoms with Gasteiger partial charge in [-0.3, -0.25) is 9.59 Å². The minimum Gasteiger partial charge on any atom is -0.481 e. The van der Waals surface area contributed by atoms with Crippen LogP contribution in [-0.2, 0) is 9.59 Å². The maximum atomic E-state index is 11.1. The third kappa shape index (κ3) is 2.84. The van der Waals surface area contributed by atoms with Gasteiger partial charge in [0.25, 0.3) is 0 Å². The highest BCUT2D eigenvalue weighted by molar-refractivity contribution is 5.81. The van der Waals surface area contributed by atoms with Crippen molar-refractivity contribution in [2.45, 2.75) is 32.6 Å². The molecule has 1 aliphatic rings. The van der Waals surface area contributed by atoms with Gasteiger partial charge < -0.3 is 10.2 Å². The van der Waals surface area contributed by atoms with E-state index in [1.165, 1.54) is 0 Å². The quantitative estimate of drug-likeness (QED) is 0.704. The molecule has 90 valence electrons. The first kappa shape index (κ1) is 12.7. The zero-order valence-corrected chi connectivity index (χ0v) is 9.43. The Morgan fingerprint density at radius 1 is 1.31 bits per heavy atom. The molecule has 0 spiro atoms. The van der Waals surface area contributed by atoms with E-state index in [-0.39, 0.29) is 5.92 Å². The predicted molar refractivity (Wildman–Crippen MR) is 59.0 cm³/mol. The Morgan fingerprint density at radius 3 is 2.50 bits per heavy atom. The molecule has 0 bridgehead atoms. The fraction of sp³-hybridized carbons (Fsp3) is 0.667. The van der Waals surface area contributed by atoms with Crippen molar-refractivity contribution in [3.63, 3.8) is 0 Å². The average Bonchev–Trinajstić information content (AvgIpc) is 2.25. The van der Waals surface area contributed by atoms with Crippen LogP contribution in [0.15, 0.2) is 12.2 Å². The first-order chi connectivity index (χ1) is 7.57. The Labute approximate surface area is 95.0 Å². The van der Waals surface area contributed by atoms with Crippen LogP contribution >= 0.6 is 0 Å². The summed E-state index contributed by atoms with van der Waals surface area (Å²) in [6.45, 7) is 2.04. The number of hydrogen-bond donors (Lipinski definition) is 2. The summed E-state index contributed by atoms with van der Waals surface area (Å²) in [7, 11) is 0. The molecule has 3 unspecified atom stereocenters. The molecule has 0 heterocycles. The third-order valence-corrected chi connectivity index (χ3v) is 3.16. The summed E-state index contributed by atoms with van der Waals surface area (Å²) in [6, 6.07) is 0. The third-order valence-electron chi connectivity index (χ3n) is 3.16. The number of hydrogen-bond acceptors (Lipinski definition) is 2. The Balaban J connectivity index is 2.81. The average molecular weight is 226 g/mol. The van der Waals surface area contributed by atoms with Crippen molar-refractivity contribution in [3.8, 4) is 0 Å². The van der Waals surface area contributed by atoms with Crippen LogP contribution in [-0.4, -0.2) is 22.2 Å². The number of aliphatic carboxylic acids is 2. The predicted octanol–water partition coefficient (Wildman–Crippen LogP) is 2.15. The van der Waals surface area contributed by atoms with Gasteiger partial charge in [-0.15, -0.1) is 0 Å². The van der Waals surface area contributed by atoms with Crippen LogP contribution in [0.1, 0.15) is 32.6 Å². The second-order valence-electron chi connectivity index (χ2n) is 4.28. The Bertz CT molecular complexity index is 295. The van der Waals surface area contributed by atoms with Crippen molar-refractivity contribution < 1.29 is 19.8 Å². The molecule has 0 saturated carbocycles. The number of carboxylic acids is 2. The summed E-state index contributed by atoms with van der Waals surface area (Å²) in [4.78, 5) is 22.1. The van der Waals surface area contributed by atoms with Crippen molar-refractivity contribution in [2.24, 2.45) is 17.8 Å². The molecule has 0 aromatic carbocycles. The molecule has 0 aromatic rings. The molecule has 0 radical (unpaired) electrons. The number of unbranched alkanes of at least 4 members (excludes halogenated alkanes) is 1. The van der Waals surface area contributed by atoms with Gasteiger partial charge in [0.15, 0.2) is 0 Å². The minimum atomic E-state index is -1.00. The summed E-state index contributed by atoms with van der Waals surface area (Å²) in [5.74, 6) is -3.66. The van der Waals surface area contributed by atoms with Gasteiger partial charge >= 0.3 is 11.9 Å². The van der Waals surface area contributed by atoms with E-state index < -0.39 is 23.8 Å². The molecule has 0 amide bonds. The minimum absolute atomic E-state index is 0.132. The summed E-state index contributed by atoms with van der Waals surface area (Å²) in [6.07, 6.45) is 6.69. The number of rotatable bonds is 5. The van der Waals surface area contributed by atoms with Gasteiger partial charge in [0.2, 0.25) is 0 Å². The molecule has 2 N–H and O–H groups in total. The van der Waals surface area contributed by atoms with Gasteiger partial charge in [0.05, 0.1) is 11.8 Å². The molecule has 4 nitrogen and oxygen atoms in total. The van der Waals surface area contributed by atoms with E-state index in [4.69, 9.17) is 10.2 Å². The van der Waals surface area contributed by atoms with Gasteiger partial charge in [-0.25, -0.2) is 0 Å². The fourth-order valence-corrected chi connectivity index (χ4v) is 2.29. The molecule has 1 rings (SSSR count). The lowest BCUT2D eigenvalue weighted by atomic mass is 9.74. The van der Waals surface area contributed by atoms with Crippen LogP contribution in [0.3, 0.4) is 0 Å². The van der Waals surface area contributed by atoms with E-state index in [0.717, 1.165) is 19.3 Å². The maximum absolute atomic E-state index is 11.1. The van der Waals surface area contributed by atoms with Gasteiger partial charge in [0.1, 0.15) is 0 Å². The van der Waals surface area contributed by atoms with Crippen LogP contribution in [0.5, 0.6) is 0 Å². The van der Waals surface area contributed by atoms with Crippen LogP contribution in [0.2, 0.25) is 0 Å². The van der Waals surface area contributed by atoms with Gasteiger partial charge in [-0.05, 0) is 18.8 Å². The summed E-state index contributed by atoms with van der Waals surface area (Å²) >= 11 is 0. The van der Waals surface area contributed by atoms with E-state index in [0.29, 0.717) is 6.42 Å². The highest BCUT2D eigenvalue weighted by atomic mass is 16.4.